The van der Waals surface area contributed by atoms with Crippen LogP contribution in [0.25, 0.3) is 11.1 Å². The van der Waals surface area contributed by atoms with E-state index in [0.717, 1.165) is 11.1 Å². The van der Waals surface area contributed by atoms with Gasteiger partial charge in [0.25, 0.3) is 0 Å². The van der Waals surface area contributed by atoms with Crippen molar-refractivity contribution < 1.29 is 14.3 Å². The molecule has 0 aliphatic rings. The Morgan fingerprint density at radius 2 is 1.75 bits per heavy atom. The first-order chi connectivity index (χ1) is 9.70. The summed E-state index contributed by atoms with van der Waals surface area (Å²) in [5.74, 6) is -1.68. The molecule has 6 nitrogen and oxygen atoms in total. The standard InChI is InChI=1S/C14H13N3O3/c1-2-20-14(19)13(18)17-12-5-3-10(4-6-12)11-7-15-9-16-8-11/h3-9H,2H2,1H3,(H,17,18). The SMILES string of the molecule is CCOC(=O)C(=O)Nc1ccc(-c2cncnc2)cc1. The zero-order valence-corrected chi connectivity index (χ0v) is 10.9. The molecule has 1 aromatic heterocycles. The van der Waals surface area contributed by atoms with E-state index in [9.17, 15) is 9.59 Å². The molecule has 0 spiro atoms. The molecule has 0 radical (unpaired) electrons. The average Bonchev–Trinajstić information content (AvgIpc) is 2.49. The molecule has 0 atom stereocenters. The average molecular weight is 271 g/mol. The molecule has 0 fully saturated rings. The zero-order valence-electron chi connectivity index (χ0n) is 10.9. The number of aromatic nitrogens is 2. The van der Waals surface area contributed by atoms with Crippen molar-refractivity contribution in [3.05, 3.63) is 43.0 Å². The summed E-state index contributed by atoms with van der Waals surface area (Å²) in [5.41, 5.74) is 2.30. The van der Waals surface area contributed by atoms with Crippen LogP contribution in [0.3, 0.4) is 0 Å². The third kappa shape index (κ3) is 3.38. The van der Waals surface area contributed by atoms with E-state index in [0.29, 0.717) is 5.69 Å². The maximum Gasteiger partial charge on any atom is 0.397 e. The van der Waals surface area contributed by atoms with Crippen LogP contribution >= 0.6 is 0 Å². The topological polar surface area (TPSA) is 81.2 Å². The minimum absolute atomic E-state index is 0.166. The van der Waals surface area contributed by atoms with Gasteiger partial charge in [0, 0.05) is 23.6 Å². The zero-order chi connectivity index (χ0) is 14.4. The second-order valence-corrected chi connectivity index (χ2v) is 3.88. The van der Waals surface area contributed by atoms with E-state index in [1.165, 1.54) is 6.33 Å². The van der Waals surface area contributed by atoms with Gasteiger partial charge in [0.1, 0.15) is 6.33 Å². The van der Waals surface area contributed by atoms with E-state index in [1.807, 2.05) is 0 Å². The first kappa shape index (κ1) is 13.7. The number of rotatable bonds is 3. The third-order valence-corrected chi connectivity index (χ3v) is 2.50. The maximum atomic E-state index is 11.5. The van der Waals surface area contributed by atoms with Gasteiger partial charge in [-0.15, -0.1) is 0 Å². The Labute approximate surface area is 115 Å². The number of nitrogens with zero attached hydrogens (tertiary/aromatic N) is 2. The van der Waals surface area contributed by atoms with Gasteiger partial charge in [-0.3, -0.25) is 4.79 Å². The molecule has 0 saturated carbocycles. The Morgan fingerprint density at radius 3 is 2.35 bits per heavy atom. The van der Waals surface area contributed by atoms with Crippen molar-refractivity contribution in [2.75, 3.05) is 11.9 Å². The van der Waals surface area contributed by atoms with E-state index in [4.69, 9.17) is 0 Å². The maximum absolute atomic E-state index is 11.5. The van der Waals surface area contributed by atoms with E-state index in [1.54, 1.807) is 43.6 Å². The molecule has 20 heavy (non-hydrogen) atoms. The summed E-state index contributed by atoms with van der Waals surface area (Å²) in [6.45, 7) is 1.81. The van der Waals surface area contributed by atoms with Gasteiger partial charge in [0.05, 0.1) is 6.61 Å². The van der Waals surface area contributed by atoms with Crippen molar-refractivity contribution in [3.8, 4) is 11.1 Å². The van der Waals surface area contributed by atoms with Crippen LogP contribution in [0.5, 0.6) is 0 Å². The highest BCUT2D eigenvalue weighted by molar-refractivity contribution is 6.37. The lowest BCUT2D eigenvalue weighted by Gasteiger charge is -2.06. The number of carbonyl (C=O) groups excluding carboxylic acids is 2. The Hall–Kier alpha value is -2.76. The Kier molecular flexibility index (Phi) is 4.39. The van der Waals surface area contributed by atoms with E-state index >= 15 is 0 Å². The van der Waals surface area contributed by atoms with Crippen LogP contribution in [0.4, 0.5) is 5.69 Å². The lowest BCUT2D eigenvalue weighted by atomic mass is 10.1. The van der Waals surface area contributed by atoms with Crippen molar-refractivity contribution in [2.24, 2.45) is 0 Å². The second-order valence-electron chi connectivity index (χ2n) is 3.88. The lowest BCUT2D eigenvalue weighted by molar-refractivity contribution is -0.152. The number of anilines is 1. The fraction of sp³-hybridized carbons (Fsp3) is 0.143. The number of hydrogen-bond acceptors (Lipinski definition) is 5. The highest BCUT2D eigenvalue weighted by Crippen LogP contribution is 2.19. The minimum Gasteiger partial charge on any atom is -0.459 e. The predicted octanol–water partition coefficient (Wildman–Crippen LogP) is 1.65. The Morgan fingerprint density at radius 1 is 1.10 bits per heavy atom. The normalized spacial score (nSPS) is 9.85. The van der Waals surface area contributed by atoms with Gasteiger partial charge in [-0.1, -0.05) is 12.1 Å². The van der Waals surface area contributed by atoms with Crippen LogP contribution < -0.4 is 5.32 Å². The molecule has 0 aliphatic carbocycles. The first-order valence-electron chi connectivity index (χ1n) is 6.04. The van der Waals surface area contributed by atoms with Crippen LogP contribution in [-0.4, -0.2) is 28.5 Å². The summed E-state index contributed by atoms with van der Waals surface area (Å²) < 4.78 is 4.60. The third-order valence-electron chi connectivity index (χ3n) is 2.50. The molecule has 2 rings (SSSR count). The van der Waals surface area contributed by atoms with Gasteiger partial charge < -0.3 is 10.1 Å². The second kappa shape index (κ2) is 6.42. The summed E-state index contributed by atoms with van der Waals surface area (Å²) >= 11 is 0. The molecule has 102 valence electrons. The molecule has 1 N–H and O–H groups in total. The summed E-state index contributed by atoms with van der Waals surface area (Å²) in [6, 6.07) is 7.00. The molecule has 6 heteroatoms. The van der Waals surface area contributed by atoms with Crippen LogP contribution in [0.2, 0.25) is 0 Å². The Balaban J connectivity index is 2.06. The largest absolute Gasteiger partial charge is 0.459 e. The molecular weight excluding hydrogens is 258 g/mol. The molecular formula is C14H13N3O3. The molecule has 1 aromatic carbocycles. The lowest BCUT2D eigenvalue weighted by Crippen LogP contribution is -2.24. The molecule has 0 bridgehead atoms. The molecule has 2 aromatic rings. The van der Waals surface area contributed by atoms with E-state index in [-0.39, 0.29) is 6.61 Å². The van der Waals surface area contributed by atoms with Gasteiger partial charge in [-0.25, -0.2) is 14.8 Å². The minimum atomic E-state index is -0.895. The number of esters is 1. The van der Waals surface area contributed by atoms with Crippen molar-refractivity contribution in [1.29, 1.82) is 0 Å². The van der Waals surface area contributed by atoms with Gasteiger partial charge in [0.15, 0.2) is 0 Å². The number of benzene rings is 1. The van der Waals surface area contributed by atoms with Gasteiger partial charge >= 0.3 is 11.9 Å². The highest BCUT2D eigenvalue weighted by atomic mass is 16.5. The fourth-order valence-electron chi connectivity index (χ4n) is 1.57. The first-order valence-corrected chi connectivity index (χ1v) is 6.04. The number of nitrogens with one attached hydrogen (secondary N) is 1. The van der Waals surface area contributed by atoms with Crippen molar-refractivity contribution in [3.63, 3.8) is 0 Å². The van der Waals surface area contributed by atoms with E-state index < -0.39 is 11.9 Å². The summed E-state index contributed by atoms with van der Waals surface area (Å²) in [6.07, 6.45) is 4.84. The van der Waals surface area contributed by atoms with Crippen molar-refractivity contribution >= 4 is 17.6 Å². The summed E-state index contributed by atoms with van der Waals surface area (Å²) in [4.78, 5) is 30.5. The highest BCUT2D eigenvalue weighted by Gasteiger charge is 2.14. The van der Waals surface area contributed by atoms with Crippen molar-refractivity contribution in [2.45, 2.75) is 6.92 Å². The number of carbonyl (C=O) groups is 2. The number of ether oxygens (including phenoxy) is 1. The van der Waals surface area contributed by atoms with Crippen LogP contribution in [0.1, 0.15) is 6.92 Å². The van der Waals surface area contributed by atoms with Gasteiger partial charge in [-0.2, -0.15) is 0 Å². The van der Waals surface area contributed by atoms with E-state index in [2.05, 4.69) is 20.0 Å². The van der Waals surface area contributed by atoms with Gasteiger partial charge in [0.2, 0.25) is 0 Å². The summed E-state index contributed by atoms with van der Waals surface area (Å²) in [5, 5.41) is 2.46. The molecule has 0 unspecified atom stereocenters. The molecule has 1 amide bonds. The number of amides is 1. The monoisotopic (exact) mass is 271 g/mol. The predicted molar refractivity (Wildman–Crippen MR) is 72.7 cm³/mol. The smallest absolute Gasteiger partial charge is 0.397 e. The van der Waals surface area contributed by atoms with Crippen LogP contribution in [0, 0.1) is 0 Å². The summed E-state index contributed by atoms with van der Waals surface area (Å²) in [7, 11) is 0. The van der Waals surface area contributed by atoms with Crippen LogP contribution in [0.15, 0.2) is 43.0 Å². The van der Waals surface area contributed by atoms with Gasteiger partial charge in [-0.05, 0) is 24.6 Å². The van der Waals surface area contributed by atoms with Crippen LogP contribution in [-0.2, 0) is 14.3 Å². The Bertz CT molecular complexity index is 597. The quantitative estimate of drug-likeness (QED) is 0.678. The fourth-order valence-corrected chi connectivity index (χ4v) is 1.57. The molecule has 0 saturated heterocycles. The van der Waals surface area contributed by atoms with Crippen molar-refractivity contribution in [1.82, 2.24) is 9.97 Å². The molecule has 0 aliphatic heterocycles. The molecule has 1 heterocycles. The number of hydrogen-bond donors (Lipinski definition) is 1.